The molecule has 29 heavy (non-hydrogen) atoms. The summed E-state index contributed by atoms with van der Waals surface area (Å²) in [6, 6.07) is 15.8. The van der Waals surface area contributed by atoms with Crippen LogP contribution in [0.25, 0.3) is 0 Å². The standard InChI is InChI=1S/C21H21N5O3/c1-13-12-18(20(28)24-16-10-8-15(9-11-16)23-14(2)27)26-21(22-13)25-17-6-4-5-7-19(17)29-3/h4-12H,1-3H3,(H,23,27)(H,24,28)(H,22,25,26). The van der Waals surface area contributed by atoms with Gasteiger partial charge >= 0.3 is 0 Å². The van der Waals surface area contributed by atoms with Gasteiger partial charge in [-0.3, -0.25) is 9.59 Å². The molecule has 0 aliphatic rings. The van der Waals surface area contributed by atoms with Gasteiger partial charge in [0.25, 0.3) is 5.91 Å². The average Bonchev–Trinajstić information content (AvgIpc) is 2.69. The van der Waals surface area contributed by atoms with Crippen molar-refractivity contribution in [2.75, 3.05) is 23.1 Å². The van der Waals surface area contributed by atoms with Crippen LogP contribution < -0.4 is 20.7 Å². The Morgan fingerprint density at radius 2 is 1.59 bits per heavy atom. The number of nitrogens with zero attached hydrogens (tertiary/aromatic N) is 2. The van der Waals surface area contributed by atoms with Gasteiger partial charge < -0.3 is 20.7 Å². The monoisotopic (exact) mass is 391 g/mol. The Kier molecular flexibility index (Phi) is 6.03. The Balaban J connectivity index is 1.76. The number of anilines is 4. The number of carbonyl (C=O) groups excluding carboxylic acids is 2. The number of hydrogen-bond acceptors (Lipinski definition) is 6. The molecule has 0 saturated heterocycles. The zero-order valence-corrected chi connectivity index (χ0v) is 16.3. The number of rotatable bonds is 6. The molecule has 1 aromatic heterocycles. The molecule has 2 aromatic carbocycles. The lowest BCUT2D eigenvalue weighted by Gasteiger charge is -2.11. The van der Waals surface area contributed by atoms with Gasteiger partial charge in [0.2, 0.25) is 11.9 Å². The van der Waals surface area contributed by atoms with E-state index in [4.69, 9.17) is 4.74 Å². The molecular weight excluding hydrogens is 370 g/mol. The Hall–Kier alpha value is -3.94. The van der Waals surface area contributed by atoms with Crippen molar-refractivity contribution in [1.29, 1.82) is 0 Å². The van der Waals surface area contributed by atoms with Crippen LogP contribution in [0.3, 0.4) is 0 Å². The summed E-state index contributed by atoms with van der Waals surface area (Å²) in [6.07, 6.45) is 0. The summed E-state index contributed by atoms with van der Waals surface area (Å²) in [7, 11) is 1.58. The number of aromatic nitrogens is 2. The maximum atomic E-state index is 12.6. The molecule has 0 spiro atoms. The van der Waals surface area contributed by atoms with Gasteiger partial charge in [-0.2, -0.15) is 0 Å². The minimum Gasteiger partial charge on any atom is -0.495 e. The number of methoxy groups -OCH3 is 1. The van der Waals surface area contributed by atoms with E-state index in [0.717, 1.165) is 0 Å². The van der Waals surface area contributed by atoms with Crippen LogP contribution in [-0.4, -0.2) is 28.9 Å². The van der Waals surface area contributed by atoms with Crippen LogP contribution in [0.4, 0.5) is 23.0 Å². The van der Waals surface area contributed by atoms with Crippen LogP contribution in [-0.2, 0) is 4.79 Å². The lowest BCUT2D eigenvalue weighted by Crippen LogP contribution is -2.15. The van der Waals surface area contributed by atoms with Crippen LogP contribution in [0.5, 0.6) is 5.75 Å². The highest BCUT2D eigenvalue weighted by Gasteiger charge is 2.12. The van der Waals surface area contributed by atoms with Gasteiger partial charge in [0, 0.05) is 24.0 Å². The number of ether oxygens (including phenoxy) is 1. The summed E-state index contributed by atoms with van der Waals surface area (Å²) in [4.78, 5) is 32.4. The highest BCUT2D eigenvalue weighted by molar-refractivity contribution is 6.03. The Bertz CT molecular complexity index is 1030. The first-order chi connectivity index (χ1) is 13.9. The van der Waals surface area contributed by atoms with Crippen molar-refractivity contribution in [3.05, 3.63) is 66.0 Å². The van der Waals surface area contributed by atoms with Gasteiger partial charge in [0.15, 0.2) is 0 Å². The minimum absolute atomic E-state index is 0.159. The number of para-hydroxylation sites is 2. The van der Waals surface area contributed by atoms with E-state index in [1.54, 1.807) is 44.4 Å². The highest BCUT2D eigenvalue weighted by atomic mass is 16.5. The number of nitrogens with one attached hydrogen (secondary N) is 3. The molecule has 3 N–H and O–H groups in total. The third kappa shape index (κ3) is 5.29. The molecule has 0 saturated carbocycles. The predicted molar refractivity (Wildman–Crippen MR) is 112 cm³/mol. The van der Waals surface area contributed by atoms with E-state index in [0.29, 0.717) is 34.5 Å². The Morgan fingerprint density at radius 1 is 0.931 bits per heavy atom. The molecule has 0 aliphatic carbocycles. The van der Waals surface area contributed by atoms with Crippen molar-refractivity contribution in [1.82, 2.24) is 9.97 Å². The van der Waals surface area contributed by atoms with E-state index < -0.39 is 0 Å². The highest BCUT2D eigenvalue weighted by Crippen LogP contribution is 2.25. The SMILES string of the molecule is COc1ccccc1Nc1nc(C)cc(C(=O)Nc2ccc(NC(C)=O)cc2)n1. The molecule has 2 amide bonds. The van der Waals surface area contributed by atoms with Gasteiger partial charge in [0.1, 0.15) is 11.4 Å². The van der Waals surface area contributed by atoms with E-state index in [1.807, 2.05) is 24.3 Å². The van der Waals surface area contributed by atoms with Crippen molar-refractivity contribution in [2.24, 2.45) is 0 Å². The lowest BCUT2D eigenvalue weighted by atomic mass is 10.2. The van der Waals surface area contributed by atoms with Crippen LogP contribution >= 0.6 is 0 Å². The summed E-state index contributed by atoms with van der Waals surface area (Å²) in [5.41, 5.74) is 2.79. The molecule has 3 rings (SSSR count). The largest absolute Gasteiger partial charge is 0.495 e. The van der Waals surface area contributed by atoms with E-state index in [1.165, 1.54) is 6.92 Å². The fraction of sp³-hybridized carbons (Fsp3) is 0.143. The molecular formula is C21H21N5O3. The molecule has 8 nitrogen and oxygen atoms in total. The molecule has 3 aromatic rings. The van der Waals surface area contributed by atoms with Gasteiger partial charge in [-0.05, 0) is 49.4 Å². The fourth-order valence-corrected chi connectivity index (χ4v) is 2.64. The summed E-state index contributed by atoms with van der Waals surface area (Å²) in [6.45, 7) is 3.22. The van der Waals surface area contributed by atoms with Crippen LogP contribution in [0, 0.1) is 6.92 Å². The second-order valence-corrected chi connectivity index (χ2v) is 6.26. The van der Waals surface area contributed by atoms with Gasteiger partial charge in [0.05, 0.1) is 12.8 Å². The number of aryl methyl sites for hydroxylation is 1. The zero-order valence-electron chi connectivity index (χ0n) is 16.3. The quantitative estimate of drug-likeness (QED) is 0.591. The summed E-state index contributed by atoms with van der Waals surface area (Å²) in [5.74, 6) is 0.405. The number of hydrogen-bond donors (Lipinski definition) is 3. The van der Waals surface area contributed by atoms with Crippen molar-refractivity contribution in [3.63, 3.8) is 0 Å². The summed E-state index contributed by atoms with van der Waals surface area (Å²) in [5, 5.41) is 8.54. The summed E-state index contributed by atoms with van der Waals surface area (Å²) < 4.78 is 5.31. The molecule has 0 bridgehead atoms. The van der Waals surface area contributed by atoms with E-state index >= 15 is 0 Å². The van der Waals surface area contributed by atoms with Gasteiger partial charge in [-0.25, -0.2) is 9.97 Å². The molecule has 0 radical (unpaired) electrons. The Morgan fingerprint density at radius 3 is 2.24 bits per heavy atom. The fourth-order valence-electron chi connectivity index (χ4n) is 2.64. The third-order valence-corrected chi connectivity index (χ3v) is 3.90. The van der Waals surface area contributed by atoms with Gasteiger partial charge in [-0.1, -0.05) is 12.1 Å². The first kappa shape index (κ1) is 19.8. The van der Waals surface area contributed by atoms with Crippen LogP contribution in [0.1, 0.15) is 23.1 Å². The van der Waals surface area contributed by atoms with Crippen LogP contribution in [0.2, 0.25) is 0 Å². The smallest absolute Gasteiger partial charge is 0.274 e. The third-order valence-electron chi connectivity index (χ3n) is 3.90. The van der Waals surface area contributed by atoms with E-state index in [-0.39, 0.29) is 17.5 Å². The summed E-state index contributed by atoms with van der Waals surface area (Å²) >= 11 is 0. The first-order valence-electron chi connectivity index (χ1n) is 8.89. The second kappa shape index (κ2) is 8.83. The number of carbonyl (C=O) groups is 2. The zero-order chi connectivity index (χ0) is 20.8. The minimum atomic E-state index is -0.370. The van der Waals surface area contributed by atoms with Crippen molar-refractivity contribution < 1.29 is 14.3 Å². The van der Waals surface area contributed by atoms with Gasteiger partial charge in [-0.15, -0.1) is 0 Å². The van der Waals surface area contributed by atoms with E-state index in [2.05, 4.69) is 25.9 Å². The topological polar surface area (TPSA) is 105 Å². The molecule has 0 aliphatic heterocycles. The normalized spacial score (nSPS) is 10.2. The lowest BCUT2D eigenvalue weighted by molar-refractivity contribution is -0.114. The van der Waals surface area contributed by atoms with Crippen molar-refractivity contribution >= 4 is 34.8 Å². The maximum absolute atomic E-state index is 12.6. The molecule has 148 valence electrons. The number of amides is 2. The molecule has 0 fully saturated rings. The van der Waals surface area contributed by atoms with Crippen molar-refractivity contribution in [2.45, 2.75) is 13.8 Å². The number of benzene rings is 2. The first-order valence-corrected chi connectivity index (χ1v) is 8.89. The van der Waals surface area contributed by atoms with Crippen LogP contribution in [0.15, 0.2) is 54.6 Å². The van der Waals surface area contributed by atoms with Crippen molar-refractivity contribution in [3.8, 4) is 5.75 Å². The average molecular weight is 391 g/mol. The molecule has 0 unspecified atom stereocenters. The maximum Gasteiger partial charge on any atom is 0.274 e. The molecule has 0 atom stereocenters. The predicted octanol–water partition coefficient (Wildman–Crippen LogP) is 3.75. The molecule has 8 heteroatoms. The Labute approximate surface area is 168 Å². The second-order valence-electron chi connectivity index (χ2n) is 6.26. The molecule has 1 heterocycles. The van der Waals surface area contributed by atoms with E-state index in [9.17, 15) is 9.59 Å².